The van der Waals surface area contributed by atoms with E-state index < -0.39 is 41.8 Å². The number of unbranched alkanes of at least 4 members (excludes halogenated alkanes) is 1. The van der Waals surface area contributed by atoms with E-state index in [0.717, 1.165) is 5.56 Å². The third-order valence-corrected chi connectivity index (χ3v) is 8.82. The van der Waals surface area contributed by atoms with Crippen molar-refractivity contribution in [2.45, 2.75) is 56.8 Å². The van der Waals surface area contributed by atoms with Gasteiger partial charge in [0.15, 0.2) is 5.96 Å². The number of nitrogens with one attached hydrogen (secondary N) is 3. The van der Waals surface area contributed by atoms with E-state index in [1.807, 2.05) is 60.9 Å². The second-order valence-corrected chi connectivity index (χ2v) is 12.6. The third kappa shape index (κ3) is 11.7. The van der Waals surface area contributed by atoms with E-state index in [1.54, 1.807) is 34.2 Å². The largest absolute Gasteiger partial charge is 0.489 e. The molecule has 0 saturated heterocycles. The highest BCUT2D eigenvalue weighted by atomic mass is 32.1. The molecule has 2 aromatic heterocycles. The summed E-state index contributed by atoms with van der Waals surface area (Å²) < 4.78 is 7.64. The smallest absolute Gasteiger partial charge is 0.264 e. The van der Waals surface area contributed by atoms with Crippen molar-refractivity contribution < 1.29 is 23.9 Å². The standard InChI is InChI=1S/C36H45N9O5S/c37-18-5-4-11-27(34(48)44-30(32(38)46)25-13-15-26(16-14-25)50-23-24-9-2-1-3-10-24)42-33(47)28(12-8-19-41-36(39)40)43-35(49)31-29(17-22-51-31)45-20-6-7-21-45/h1-3,6-7,9-10,13-17,20-22,27-28,30H,4-5,8,11-12,18-19,23,37H2,(H2,38,46)(H,42,47)(H,43,49)(H,44,48)(H4,39,40,41)/t27-,28-,30+/m0/s1. The molecule has 11 N–H and O–H groups in total. The van der Waals surface area contributed by atoms with Crippen LogP contribution in [0.25, 0.3) is 5.69 Å². The first-order valence-electron chi connectivity index (χ1n) is 16.6. The highest BCUT2D eigenvalue weighted by molar-refractivity contribution is 7.12. The van der Waals surface area contributed by atoms with Crippen molar-refractivity contribution in [1.82, 2.24) is 20.5 Å². The number of primary amides is 1. The Morgan fingerprint density at radius 3 is 2.12 bits per heavy atom. The van der Waals surface area contributed by atoms with Crippen LogP contribution in [0.4, 0.5) is 0 Å². The highest BCUT2D eigenvalue weighted by Crippen LogP contribution is 2.22. The first kappa shape index (κ1) is 38.1. The van der Waals surface area contributed by atoms with Crippen LogP contribution in [0.2, 0.25) is 0 Å². The molecule has 270 valence electrons. The molecule has 0 radical (unpaired) electrons. The van der Waals surface area contributed by atoms with Gasteiger partial charge in [-0.2, -0.15) is 0 Å². The molecule has 0 spiro atoms. The van der Waals surface area contributed by atoms with Crippen LogP contribution in [0.1, 0.15) is 58.9 Å². The summed E-state index contributed by atoms with van der Waals surface area (Å²) in [6.07, 6.45) is 5.52. The van der Waals surface area contributed by atoms with Crippen molar-refractivity contribution in [1.29, 1.82) is 0 Å². The number of thiophene rings is 1. The van der Waals surface area contributed by atoms with E-state index in [-0.39, 0.29) is 25.3 Å². The van der Waals surface area contributed by atoms with Gasteiger partial charge in [-0.1, -0.05) is 42.5 Å². The highest BCUT2D eigenvalue weighted by Gasteiger charge is 2.30. The number of nitrogens with zero attached hydrogens (tertiary/aromatic N) is 2. The van der Waals surface area contributed by atoms with Crippen molar-refractivity contribution >= 4 is 40.9 Å². The Labute approximate surface area is 300 Å². The average Bonchev–Trinajstić information content (AvgIpc) is 3.84. The first-order chi connectivity index (χ1) is 24.7. The van der Waals surface area contributed by atoms with Crippen LogP contribution in [0, 0.1) is 0 Å². The monoisotopic (exact) mass is 715 g/mol. The molecular weight excluding hydrogens is 671 g/mol. The minimum absolute atomic E-state index is 0.0926. The number of aliphatic imine (C=N–C) groups is 1. The van der Waals surface area contributed by atoms with Crippen LogP contribution < -0.4 is 43.6 Å². The Balaban J connectivity index is 1.48. The number of guanidine groups is 1. The number of amides is 4. The maximum Gasteiger partial charge on any atom is 0.264 e. The number of nitrogens with two attached hydrogens (primary N) is 4. The predicted octanol–water partition coefficient (Wildman–Crippen LogP) is 2.23. The molecule has 0 saturated carbocycles. The van der Waals surface area contributed by atoms with Crippen LogP contribution in [-0.2, 0) is 21.0 Å². The number of carbonyl (C=O) groups is 4. The molecule has 51 heavy (non-hydrogen) atoms. The van der Waals surface area contributed by atoms with Gasteiger partial charge in [0.25, 0.3) is 5.91 Å². The zero-order chi connectivity index (χ0) is 36.6. The fourth-order valence-corrected chi connectivity index (χ4v) is 6.05. The van der Waals surface area contributed by atoms with E-state index in [9.17, 15) is 19.2 Å². The lowest BCUT2D eigenvalue weighted by molar-refractivity contribution is -0.132. The van der Waals surface area contributed by atoms with Gasteiger partial charge in [0.05, 0.1) is 5.69 Å². The Morgan fingerprint density at radius 1 is 0.784 bits per heavy atom. The maximum atomic E-state index is 13.8. The zero-order valence-corrected chi connectivity index (χ0v) is 29.0. The quantitative estimate of drug-likeness (QED) is 0.0406. The van der Waals surface area contributed by atoms with Crippen LogP contribution in [-0.4, -0.2) is 59.3 Å². The van der Waals surface area contributed by atoms with E-state index in [0.29, 0.717) is 54.3 Å². The van der Waals surface area contributed by atoms with Gasteiger partial charge in [-0.05, 0) is 85.5 Å². The van der Waals surface area contributed by atoms with Crippen LogP contribution in [0.15, 0.2) is 95.6 Å². The van der Waals surface area contributed by atoms with Crippen molar-refractivity contribution in [2.24, 2.45) is 27.9 Å². The zero-order valence-electron chi connectivity index (χ0n) is 28.2. The lowest BCUT2D eigenvalue weighted by atomic mass is 10.0. The Bertz CT molecular complexity index is 1740. The summed E-state index contributed by atoms with van der Waals surface area (Å²) in [6, 6.07) is 18.5. The van der Waals surface area contributed by atoms with Gasteiger partial charge in [-0.3, -0.25) is 24.2 Å². The Kier molecular flexibility index (Phi) is 14.6. The Morgan fingerprint density at radius 2 is 1.45 bits per heavy atom. The number of ether oxygens (including phenoxy) is 1. The lowest BCUT2D eigenvalue weighted by Gasteiger charge is -2.25. The van der Waals surface area contributed by atoms with Crippen molar-refractivity contribution in [3.8, 4) is 11.4 Å². The summed E-state index contributed by atoms with van der Waals surface area (Å²) in [5.41, 5.74) is 24.5. The molecule has 0 bridgehead atoms. The minimum atomic E-state index is -1.18. The van der Waals surface area contributed by atoms with E-state index in [1.165, 1.54) is 11.3 Å². The van der Waals surface area contributed by atoms with Crippen molar-refractivity contribution in [2.75, 3.05) is 13.1 Å². The van der Waals surface area contributed by atoms with Gasteiger partial charge in [-0.25, -0.2) is 0 Å². The summed E-state index contributed by atoms with van der Waals surface area (Å²) in [5, 5.41) is 10.1. The molecule has 2 aromatic carbocycles. The molecule has 4 amide bonds. The summed E-state index contributed by atoms with van der Waals surface area (Å²) >= 11 is 1.24. The molecule has 4 rings (SSSR count). The summed E-state index contributed by atoms with van der Waals surface area (Å²) in [7, 11) is 0. The molecule has 0 fully saturated rings. The molecule has 4 aromatic rings. The normalized spacial score (nSPS) is 12.6. The van der Waals surface area contributed by atoms with Gasteiger partial charge in [-0.15, -0.1) is 11.3 Å². The summed E-state index contributed by atoms with van der Waals surface area (Å²) in [5.74, 6) is -1.97. The number of hydrogen-bond donors (Lipinski definition) is 7. The number of hydrogen-bond acceptors (Lipinski definition) is 8. The molecular formula is C36H45N9O5S. The number of aromatic nitrogens is 1. The van der Waals surface area contributed by atoms with Gasteiger partial charge >= 0.3 is 0 Å². The number of rotatable bonds is 20. The van der Waals surface area contributed by atoms with E-state index in [2.05, 4.69) is 20.9 Å². The molecule has 15 heteroatoms. The van der Waals surface area contributed by atoms with Gasteiger partial charge in [0.1, 0.15) is 35.4 Å². The SMILES string of the molecule is NCCCC[C@H](NC(=O)[C@H](CCCN=C(N)N)NC(=O)c1sccc1-n1cccc1)C(=O)N[C@@H](C(N)=O)c1ccc(OCc2ccccc2)cc1. The van der Waals surface area contributed by atoms with Gasteiger partial charge < -0.3 is 48.2 Å². The number of carbonyl (C=O) groups excluding carboxylic acids is 4. The van der Waals surface area contributed by atoms with Gasteiger partial charge in [0.2, 0.25) is 17.7 Å². The fourth-order valence-electron chi connectivity index (χ4n) is 5.26. The molecule has 2 heterocycles. The van der Waals surface area contributed by atoms with E-state index >= 15 is 0 Å². The first-order valence-corrected chi connectivity index (χ1v) is 17.5. The predicted molar refractivity (Wildman–Crippen MR) is 197 cm³/mol. The average molecular weight is 716 g/mol. The fraction of sp³-hybridized carbons (Fsp3) is 0.306. The second kappa shape index (κ2) is 19.5. The minimum Gasteiger partial charge on any atom is -0.489 e. The van der Waals surface area contributed by atoms with Crippen LogP contribution >= 0.6 is 11.3 Å². The summed E-state index contributed by atoms with van der Waals surface area (Å²) in [6.45, 7) is 0.975. The van der Waals surface area contributed by atoms with Crippen molar-refractivity contribution in [3.63, 3.8) is 0 Å². The van der Waals surface area contributed by atoms with E-state index in [4.69, 9.17) is 27.7 Å². The molecule has 14 nitrogen and oxygen atoms in total. The van der Waals surface area contributed by atoms with Crippen LogP contribution in [0.3, 0.4) is 0 Å². The molecule has 0 aliphatic rings. The summed E-state index contributed by atoms with van der Waals surface area (Å²) in [4.78, 5) is 58.0. The molecule has 0 aliphatic carbocycles. The Hall–Kier alpha value is -5.67. The topological polar surface area (TPSA) is 235 Å². The molecule has 3 atom stereocenters. The molecule has 0 unspecified atom stereocenters. The second-order valence-electron chi connectivity index (χ2n) is 11.7. The lowest BCUT2D eigenvalue weighted by Crippen LogP contribution is -2.54. The molecule has 0 aliphatic heterocycles. The third-order valence-electron chi connectivity index (χ3n) is 7.91. The number of benzene rings is 2. The van der Waals surface area contributed by atoms with Crippen LogP contribution in [0.5, 0.6) is 5.75 Å². The van der Waals surface area contributed by atoms with Gasteiger partial charge in [0, 0.05) is 18.9 Å². The van der Waals surface area contributed by atoms with Crippen molar-refractivity contribution in [3.05, 3.63) is 107 Å². The maximum absolute atomic E-state index is 13.8.